The zero-order chi connectivity index (χ0) is 11.1. The second kappa shape index (κ2) is 3.75. The van der Waals surface area contributed by atoms with Gasteiger partial charge in [0.2, 0.25) is 0 Å². The Morgan fingerprint density at radius 3 is 3.12 bits per heavy atom. The number of likely N-dealkylation sites (N-methyl/N-ethyl adjacent to an activating group) is 1. The summed E-state index contributed by atoms with van der Waals surface area (Å²) in [5.41, 5.74) is 3.53. The van der Waals surface area contributed by atoms with Gasteiger partial charge in [-0.25, -0.2) is 4.98 Å². The van der Waals surface area contributed by atoms with Crippen LogP contribution in [-0.2, 0) is 13.0 Å². The molecule has 0 radical (unpaired) electrons. The molecule has 0 N–H and O–H groups in total. The molecule has 1 aliphatic rings. The summed E-state index contributed by atoms with van der Waals surface area (Å²) in [7, 11) is 0. The summed E-state index contributed by atoms with van der Waals surface area (Å²) in [6.45, 7) is 5.38. The zero-order valence-electron chi connectivity index (χ0n) is 9.28. The van der Waals surface area contributed by atoms with E-state index in [2.05, 4.69) is 21.2 Å². The van der Waals surface area contributed by atoms with Gasteiger partial charge in [0.05, 0.1) is 16.4 Å². The molecule has 3 rings (SSSR count). The first kappa shape index (κ1) is 10.1. The fourth-order valence-electron chi connectivity index (χ4n) is 2.31. The molecule has 0 saturated carbocycles. The lowest BCUT2D eigenvalue weighted by Crippen LogP contribution is -2.30. The van der Waals surface area contributed by atoms with Crippen molar-refractivity contribution in [2.45, 2.75) is 19.9 Å². The maximum absolute atomic E-state index is 6.03. The van der Waals surface area contributed by atoms with E-state index in [4.69, 9.17) is 11.6 Å². The number of hydrogen-bond donors (Lipinski definition) is 0. The van der Waals surface area contributed by atoms with E-state index >= 15 is 0 Å². The smallest absolute Gasteiger partial charge is 0.137 e. The highest BCUT2D eigenvalue weighted by Gasteiger charge is 2.20. The van der Waals surface area contributed by atoms with E-state index in [0.29, 0.717) is 0 Å². The van der Waals surface area contributed by atoms with Crippen molar-refractivity contribution < 1.29 is 0 Å². The quantitative estimate of drug-likeness (QED) is 0.757. The number of fused-ring (bicyclic) bond motifs is 3. The van der Waals surface area contributed by atoms with Gasteiger partial charge < -0.3 is 4.40 Å². The molecule has 1 aliphatic heterocycles. The Balaban J connectivity index is 2.15. The van der Waals surface area contributed by atoms with Gasteiger partial charge in [-0.3, -0.25) is 4.90 Å². The molecule has 0 aliphatic carbocycles. The molecule has 0 amide bonds. The highest BCUT2D eigenvalue weighted by molar-refractivity contribution is 6.30. The van der Waals surface area contributed by atoms with Gasteiger partial charge in [0.1, 0.15) is 5.65 Å². The Bertz CT molecular complexity index is 532. The number of rotatable bonds is 1. The highest BCUT2D eigenvalue weighted by Crippen LogP contribution is 2.21. The molecule has 4 heteroatoms. The fourth-order valence-corrected chi connectivity index (χ4v) is 2.47. The van der Waals surface area contributed by atoms with Gasteiger partial charge in [-0.1, -0.05) is 18.5 Å². The van der Waals surface area contributed by atoms with Crippen LogP contribution in [0.1, 0.15) is 18.3 Å². The van der Waals surface area contributed by atoms with Crippen LogP contribution < -0.4 is 0 Å². The monoisotopic (exact) mass is 235 g/mol. The first-order valence-electron chi connectivity index (χ1n) is 5.65. The van der Waals surface area contributed by atoms with Crippen LogP contribution in [-0.4, -0.2) is 27.4 Å². The minimum atomic E-state index is 0.765. The fraction of sp³-hybridized carbons (Fsp3) is 0.417. The first-order valence-corrected chi connectivity index (χ1v) is 6.03. The maximum atomic E-state index is 6.03. The Labute approximate surface area is 99.7 Å². The summed E-state index contributed by atoms with van der Waals surface area (Å²) in [6.07, 6.45) is 3.00. The lowest BCUT2D eigenvalue weighted by atomic mass is 10.1. The summed E-state index contributed by atoms with van der Waals surface area (Å²) in [6, 6.07) is 3.88. The molecule has 84 valence electrons. The van der Waals surface area contributed by atoms with Crippen molar-refractivity contribution in [1.29, 1.82) is 0 Å². The molecular formula is C12H14ClN3. The summed E-state index contributed by atoms with van der Waals surface area (Å²) >= 11 is 6.03. The maximum Gasteiger partial charge on any atom is 0.137 e. The molecule has 0 spiro atoms. The molecule has 0 fully saturated rings. The van der Waals surface area contributed by atoms with E-state index < -0.39 is 0 Å². The SMILES string of the molecule is CCN1CCc2nc3ccc(Cl)cn3c2C1. The van der Waals surface area contributed by atoms with Gasteiger partial charge in [-0.15, -0.1) is 0 Å². The minimum Gasteiger partial charge on any atom is -0.301 e. The van der Waals surface area contributed by atoms with E-state index in [9.17, 15) is 0 Å². The van der Waals surface area contributed by atoms with Crippen LogP contribution in [0.15, 0.2) is 18.3 Å². The molecule has 0 aromatic carbocycles. The topological polar surface area (TPSA) is 20.5 Å². The standard InChI is InChI=1S/C12H14ClN3/c1-2-15-6-5-10-11(8-15)16-7-9(13)3-4-12(16)14-10/h3-4,7H,2,5-6,8H2,1H3. The number of aromatic nitrogens is 2. The predicted molar refractivity (Wildman–Crippen MR) is 64.9 cm³/mol. The third kappa shape index (κ3) is 1.51. The number of hydrogen-bond acceptors (Lipinski definition) is 2. The summed E-state index contributed by atoms with van der Waals surface area (Å²) < 4.78 is 2.12. The van der Waals surface area contributed by atoms with E-state index in [1.165, 1.54) is 11.4 Å². The van der Waals surface area contributed by atoms with Crippen LogP contribution in [0.25, 0.3) is 5.65 Å². The van der Waals surface area contributed by atoms with Crippen molar-refractivity contribution in [1.82, 2.24) is 14.3 Å². The van der Waals surface area contributed by atoms with Crippen LogP contribution >= 0.6 is 11.6 Å². The van der Waals surface area contributed by atoms with Crippen molar-refractivity contribution in [3.63, 3.8) is 0 Å². The Morgan fingerprint density at radius 2 is 2.31 bits per heavy atom. The van der Waals surface area contributed by atoms with E-state index in [-0.39, 0.29) is 0 Å². The lowest BCUT2D eigenvalue weighted by Gasteiger charge is -2.24. The van der Waals surface area contributed by atoms with Gasteiger partial charge >= 0.3 is 0 Å². The molecule has 16 heavy (non-hydrogen) atoms. The number of pyridine rings is 1. The molecule has 3 nitrogen and oxygen atoms in total. The van der Waals surface area contributed by atoms with Gasteiger partial charge in [-0.2, -0.15) is 0 Å². The van der Waals surface area contributed by atoms with Crippen LogP contribution in [0.3, 0.4) is 0 Å². The molecule has 0 bridgehead atoms. The molecular weight excluding hydrogens is 222 g/mol. The van der Waals surface area contributed by atoms with Crippen molar-refractivity contribution in [2.75, 3.05) is 13.1 Å². The van der Waals surface area contributed by atoms with Crippen LogP contribution in [0, 0.1) is 0 Å². The Morgan fingerprint density at radius 1 is 1.44 bits per heavy atom. The largest absolute Gasteiger partial charge is 0.301 e. The average molecular weight is 236 g/mol. The van der Waals surface area contributed by atoms with Gasteiger partial charge in [0, 0.05) is 25.7 Å². The molecule has 0 unspecified atom stereocenters. The summed E-state index contributed by atoms with van der Waals surface area (Å²) in [5, 5.41) is 0.765. The zero-order valence-corrected chi connectivity index (χ0v) is 10.0. The average Bonchev–Trinajstić information content (AvgIpc) is 2.66. The third-order valence-electron chi connectivity index (χ3n) is 3.25. The van der Waals surface area contributed by atoms with Gasteiger partial charge in [0.25, 0.3) is 0 Å². The molecule has 3 heterocycles. The second-order valence-corrected chi connectivity index (χ2v) is 4.64. The molecule has 2 aromatic rings. The van der Waals surface area contributed by atoms with Crippen LogP contribution in [0.4, 0.5) is 0 Å². The van der Waals surface area contributed by atoms with E-state index in [0.717, 1.165) is 36.7 Å². The Kier molecular flexibility index (Phi) is 2.37. The number of halogens is 1. The van der Waals surface area contributed by atoms with E-state index in [1.807, 2.05) is 18.3 Å². The predicted octanol–water partition coefficient (Wildman–Crippen LogP) is 2.37. The third-order valence-corrected chi connectivity index (χ3v) is 3.47. The number of nitrogens with zero attached hydrogens (tertiary/aromatic N) is 3. The molecule has 0 atom stereocenters. The van der Waals surface area contributed by atoms with Crippen molar-refractivity contribution >= 4 is 17.2 Å². The summed E-state index contributed by atoms with van der Waals surface area (Å²) in [5.74, 6) is 0. The summed E-state index contributed by atoms with van der Waals surface area (Å²) in [4.78, 5) is 7.07. The highest BCUT2D eigenvalue weighted by atomic mass is 35.5. The molecule has 0 saturated heterocycles. The van der Waals surface area contributed by atoms with Crippen molar-refractivity contribution in [3.8, 4) is 0 Å². The van der Waals surface area contributed by atoms with Gasteiger partial charge in [0.15, 0.2) is 0 Å². The lowest BCUT2D eigenvalue weighted by molar-refractivity contribution is 0.262. The van der Waals surface area contributed by atoms with Crippen LogP contribution in [0.2, 0.25) is 5.02 Å². The van der Waals surface area contributed by atoms with Gasteiger partial charge in [-0.05, 0) is 18.7 Å². The molecule has 2 aromatic heterocycles. The minimum absolute atomic E-state index is 0.765. The second-order valence-electron chi connectivity index (χ2n) is 4.20. The Hall–Kier alpha value is -1.06. The van der Waals surface area contributed by atoms with Crippen molar-refractivity contribution in [3.05, 3.63) is 34.7 Å². The van der Waals surface area contributed by atoms with E-state index in [1.54, 1.807) is 0 Å². The first-order chi connectivity index (χ1) is 7.78. The van der Waals surface area contributed by atoms with Crippen molar-refractivity contribution in [2.24, 2.45) is 0 Å². The number of imidazole rings is 1. The van der Waals surface area contributed by atoms with Crippen LogP contribution in [0.5, 0.6) is 0 Å². The normalized spacial score (nSPS) is 16.6.